The molecule has 0 aliphatic carbocycles. The van der Waals surface area contributed by atoms with Gasteiger partial charge in [-0.25, -0.2) is 8.42 Å². The first kappa shape index (κ1) is 15.5. The van der Waals surface area contributed by atoms with Crippen LogP contribution in [0, 0.1) is 0 Å². The largest absolute Gasteiger partial charge is 0.744 e. The highest BCUT2D eigenvalue weighted by Gasteiger charge is 2.45. The van der Waals surface area contributed by atoms with Gasteiger partial charge in [0.25, 0.3) is 0 Å². The van der Waals surface area contributed by atoms with Crippen LogP contribution in [0.25, 0.3) is 0 Å². The third-order valence-electron chi connectivity index (χ3n) is 4.82. The maximum absolute atomic E-state index is 10.3. The Hall–Kier alpha value is -0.910. The Morgan fingerprint density at radius 1 is 1.00 bits per heavy atom. The molecule has 4 nitrogen and oxygen atoms in total. The molecule has 2 fully saturated rings. The Balaban J connectivity index is 0.000000147. The average molecular weight is 297 g/mol. The smallest absolute Gasteiger partial charge is 0.124 e. The Labute approximate surface area is 121 Å². The maximum atomic E-state index is 10.3. The minimum Gasteiger partial charge on any atom is -0.744 e. The summed E-state index contributed by atoms with van der Waals surface area (Å²) in [5.41, 5.74) is 0. The summed E-state index contributed by atoms with van der Waals surface area (Å²) in [6.07, 6.45) is 7.47. The van der Waals surface area contributed by atoms with Gasteiger partial charge in [0, 0.05) is 12.8 Å². The van der Waals surface area contributed by atoms with Gasteiger partial charge < -0.3 is 9.04 Å². The van der Waals surface area contributed by atoms with E-state index in [9.17, 15) is 13.0 Å². The summed E-state index contributed by atoms with van der Waals surface area (Å²) >= 11 is 0. The fourth-order valence-electron chi connectivity index (χ4n) is 3.48. The second kappa shape index (κ2) is 5.84. The number of hydrogen-bond donors (Lipinski definition) is 0. The van der Waals surface area contributed by atoms with E-state index in [0.717, 1.165) is 12.1 Å². The Morgan fingerprint density at radius 3 is 1.85 bits per heavy atom. The molecule has 0 radical (unpaired) electrons. The molecule has 2 saturated heterocycles. The molecule has 2 atom stereocenters. The van der Waals surface area contributed by atoms with Crippen LogP contribution in [0.5, 0.6) is 0 Å². The fourth-order valence-corrected chi connectivity index (χ4v) is 3.97. The second-order valence-electron chi connectivity index (χ2n) is 6.21. The van der Waals surface area contributed by atoms with Crippen molar-refractivity contribution in [3.8, 4) is 0 Å². The molecular weight excluding hydrogens is 274 g/mol. The molecule has 0 spiro atoms. The van der Waals surface area contributed by atoms with Crippen molar-refractivity contribution in [3.05, 3.63) is 30.3 Å². The number of benzene rings is 1. The van der Waals surface area contributed by atoms with Gasteiger partial charge in [0.2, 0.25) is 0 Å². The quantitative estimate of drug-likeness (QED) is 0.590. The Morgan fingerprint density at radius 2 is 1.50 bits per heavy atom. The lowest BCUT2D eigenvalue weighted by Gasteiger charge is -2.41. The van der Waals surface area contributed by atoms with E-state index in [1.165, 1.54) is 60.9 Å². The number of quaternary nitrogens is 1. The third kappa shape index (κ3) is 3.40. The molecule has 20 heavy (non-hydrogen) atoms. The van der Waals surface area contributed by atoms with Crippen molar-refractivity contribution in [2.75, 3.05) is 14.1 Å². The highest BCUT2D eigenvalue weighted by molar-refractivity contribution is 7.85. The van der Waals surface area contributed by atoms with Crippen molar-refractivity contribution < 1.29 is 17.5 Å². The molecule has 2 aliphatic rings. The molecule has 0 N–H and O–H groups in total. The topological polar surface area (TPSA) is 57.2 Å². The average Bonchev–Trinajstić information content (AvgIpc) is 2.60. The van der Waals surface area contributed by atoms with Crippen LogP contribution in [0.15, 0.2) is 35.2 Å². The van der Waals surface area contributed by atoms with E-state index in [-0.39, 0.29) is 4.90 Å². The molecular formula is C15H23NO3S. The molecule has 1 aromatic rings. The van der Waals surface area contributed by atoms with Gasteiger partial charge in [0.1, 0.15) is 10.1 Å². The number of rotatable bonds is 1. The van der Waals surface area contributed by atoms with E-state index in [1.807, 2.05) is 0 Å². The van der Waals surface area contributed by atoms with Crippen LogP contribution in [0.3, 0.4) is 0 Å². The van der Waals surface area contributed by atoms with Crippen molar-refractivity contribution in [1.82, 2.24) is 0 Å². The normalized spacial score (nSPS) is 27.6. The predicted molar refractivity (Wildman–Crippen MR) is 77.2 cm³/mol. The lowest BCUT2D eigenvalue weighted by Crippen LogP contribution is -2.52. The van der Waals surface area contributed by atoms with Gasteiger partial charge in [0.15, 0.2) is 0 Å². The second-order valence-corrected chi connectivity index (χ2v) is 7.59. The first-order chi connectivity index (χ1) is 9.32. The molecule has 2 aliphatic heterocycles. The van der Waals surface area contributed by atoms with Crippen molar-refractivity contribution in [1.29, 1.82) is 0 Å². The van der Waals surface area contributed by atoms with Crippen molar-refractivity contribution >= 4 is 10.1 Å². The highest BCUT2D eigenvalue weighted by Crippen LogP contribution is 2.39. The molecule has 5 heteroatoms. The van der Waals surface area contributed by atoms with Crippen LogP contribution in [0.4, 0.5) is 0 Å². The summed E-state index contributed by atoms with van der Waals surface area (Å²) in [6.45, 7) is 0. The van der Waals surface area contributed by atoms with Gasteiger partial charge in [-0.1, -0.05) is 18.2 Å². The molecule has 2 heterocycles. The fraction of sp³-hybridized carbons (Fsp3) is 0.600. The van der Waals surface area contributed by atoms with Gasteiger partial charge in [-0.05, 0) is 31.4 Å². The van der Waals surface area contributed by atoms with Crippen LogP contribution in [0.1, 0.15) is 32.1 Å². The van der Waals surface area contributed by atoms with Crippen molar-refractivity contribution in [2.24, 2.45) is 0 Å². The van der Waals surface area contributed by atoms with Crippen LogP contribution in [-0.4, -0.2) is 43.6 Å². The molecule has 0 saturated carbocycles. The van der Waals surface area contributed by atoms with Crippen LogP contribution in [-0.2, 0) is 10.1 Å². The standard InChI is InChI=1S/C9H18N.C6H6O3S/c1-10(2)8-4-3-5-9(10)7-6-8;7-10(8,9)6-4-2-1-3-5-6/h8-9H,3-7H2,1-2H3;1-5H,(H,7,8,9)/q+1;/p-1. The van der Waals surface area contributed by atoms with E-state index < -0.39 is 10.1 Å². The molecule has 3 rings (SSSR count). The van der Waals surface area contributed by atoms with Gasteiger partial charge >= 0.3 is 0 Å². The molecule has 2 unspecified atom stereocenters. The number of hydrogen-bond acceptors (Lipinski definition) is 3. The predicted octanol–water partition coefficient (Wildman–Crippen LogP) is 2.37. The maximum Gasteiger partial charge on any atom is 0.124 e. The molecule has 0 aromatic heterocycles. The zero-order valence-electron chi connectivity index (χ0n) is 12.2. The first-order valence-corrected chi connectivity index (χ1v) is 8.57. The SMILES string of the molecule is C[N+]1(C)C2CCCC1CC2.O=S(=O)([O-])c1ccccc1. The molecule has 2 bridgehead atoms. The van der Waals surface area contributed by atoms with Crippen molar-refractivity contribution in [3.63, 3.8) is 0 Å². The molecule has 0 amide bonds. The molecule has 1 aromatic carbocycles. The minimum atomic E-state index is -4.25. The lowest BCUT2D eigenvalue weighted by atomic mass is 10.0. The summed E-state index contributed by atoms with van der Waals surface area (Å²) in [4.78, 5) is -0.185. The monoisotopic (exact) mass is 297 g/mol. The number of fused-ring (bicyclic) bond motifs is 2. The zero-order valence-corrected chi connectivity index (χ0v) is 13.0. The van der Waals surface area contributed by atoms with E-state index in [2.05, 4.69) is 14.1 Å². The summed E-state index contributed by atoms with van der Waals surface area (Å²) in [6, 6.07) is 9.21. The van der Waals surface area contributed by atoms with Crippen LogP contribution in [0.2, 0.25) is 0 Å². The van der Waals surface area contributed by atoms with Gasteiger partial charge in [-0.3, -0.25) is 0 Å². The van der Waals surface area contributed by atoms with E-state index in [0.29, 0.717) is 0 Å². The van der Waals surface area contributed by atoms with Crippen molar-refractivity contribution in [2.45, 2.75) is 49.1 Å². The Kier molecular flexibility index (Phi) is 4.52. The highest BCUT2D eigenvalue weighted by atomic mass is 32.2. The van der Waals surface area contributed by atoms with E-state index in [1.54, 1.807) is 6.07 Å². The number of piperidine rings is 1. The third-order valence-corrected chi connectivity index (χ3v) is 5.67. The van der Waals surface area contributed by atoms with Crippen LogP contribution >= 0.6 is 0 Å². The summed E-state index contributed by atoms with van der Waals surface area (Å²) < 4.78 is 32.2. The van der Waals surface area contributed by atoms with Crippen LogP contribution < -0.4 is 0 Å². The van der Waals surface area contributed by atoms with Gasteiger partial charge in [-0.15, -0.1) is 0 Å². The summed E-state index contributed by atoms with van der Waals surface area (Å²) in [5.74, 6) is 0. The summed E-state index contributed by atoms with van der Waals surface area (Å²) in [5, 5.41) is 0. The van der Waals surface area contributed by atoms with Gasteiger partial charge in [-0.2, -0.15) is 0 Å². The zero-order chi connectivity index (χ0) is 14.8. The van der Waals surface area contributed by atoms with E-state index in [4.69, 9.17) is 0 Å². The minimum absolute atomic E-state index is 0.185. The van der Waals surface area contributed by atoms with Gasteiger partial charge in [0.05, 0.1) is 31.1 Å². The summed E-state index contributed by atoms with van der Waals surface area (Å²) in [7, 11) is 0.583. The Bertz CT molecular complexity index is 521. The number of nitrogens with zero attached hydrogens (tertiary/aromatic N) is 1. The first-order valence-electron chi connectivity index (χ1n) is 7.16. The molecule has 112 valence electrons. The lowest BCUT2D eigenvalue weighted by molar-refractivity contribution is -0.930. The van der Waals surface area contributed by atoms with E-state index >= 15 is 0 Å².